The van der Waals surface area contributed by atoms with E-state index in [1.807, 2.05) is 60.7 Å². The number of H-pyrrole nitrogens is 2. The molecule has 2 heterocycles. The van der Waals surface area contributed by atoms with Crippen molar-refractivity contribution in [1.29, 1.82) is 0 Å². The Balaban J connectivity index is 0.000000161. The van der Waals surface area contributed by atoms with Gasteiger partial charge in [0.25, 0.3) is 11.8 Å². The first-order chi connectivity index (χ1) is 19.6. The van der Waals surface area contributed by atoms with Gasteiger partial charge in [-0.25, -0.2) is 0 Å². The van der Waals surface area contributed by atoms with E-state index >= 15 is 0 Å². The first-order valence-electron chi connectivity index (χ1n) is 12.3. The van der Waals surface area contributed by atoms with Gasteiger partial charge in [-0.1, -0.05) is 48.5 Å². The third-order valence-corrected chi connectivity index (χ3v) is 6.07. The summed E-state index contributed by atoms with van der Waals surface area (Å²) in [6.07, 6.45) is 0. The first kappa shape index (κ1) is 26.0. The third kappa shape index (κ3) is 5.60. The van der Waals surface area contributed by atoms with Crippen molar-refractivity contribution < 1.29 is 19.1 Å². The minimum atomic E-state index is -0.271. The summed E-state index contributed by atoms with van der Waals surface area (Å²) in [6, 6.07) is 29.4. The summed E-state index contributed by atoms with van der Waals surface area (Å²) in [4.78, 5) is 24.5. The summed E-state index contributed by atoms with van der Waals surface area (Å²) in [5.74, 6) is 0.841. The molecule has 40 heavy (non-hydrogen) atoms. The predicted molar refractivity (Wildman–Crippen MR) is 154 cm³/mol. The predicted octanol–water partition coefficient (Wildman–Crippen LogP) is 5.65. The van der Waals surface area contributed by atoms with E-state index in [1.54, 1.807) is 50.6 Å². The number of aromatic nitrogens is 4. The van der Waals surface area contributed by atoms with Crippen LogP contribution >= 0.6 is 0 Å². The largest absolute Gasteiger partial charge is 0.497 e. The lowest BCUT2D eigenvalue weighted by molar-refractivity contribution is 0.101. The van der Waals surface area contributed by atoms with Gasteiger partial charge in [0, 0.05) is 16.5 Å². The molecule has 0 fully saturated rings. The number of rotatable bonds is 6. The van der Waals surface area contributed by atoms with E-state index in [4.69, 9.17) is 9.47 Å². The Hall–Kier alpha value is -5.64. The molecule has 0 atom stereocenters. The molecule has 0 aliphatic carbocycles. The number of carbonyl (C=O) groups is 2. The van der Waals surface area contributed by atoms with Crippen molar-refractivity contribution >= 4 is 45.0 Å². The molecule has 0 saturated carbocycles. The van der Waals surface area contributed by atoms with Crippen LogP contribution in [0, 0.1) is 0 Å². The number of nitrogens with zero attached hydrogens (tertiary/aromatic N) is 2. The zero-order chi connectivity index (χ0) is 27.9. The highest BCUT2D eigenvalue weighted by Gasteiger charge is 2.16. The Morgan fingerprint density at radius 2 is 1.15 bits per heavy atom. The molecule has 6 rings (SSSR count). The van der Waals surface area contributed by atoms with Crippen molar-refractivity contribution in [2.75, 3.05) is 24.9 Å². The summed E-state index contributed by atoms with van der Waals surface area (Å²) in [7, 11) is 3.17. The normalized spacial score (nSPS) is 10.4. The summed E-state index contributed by atoms with van der Waals surface area (Å²) < 4.78 is 10.3. The van der Waals surface area contributed by atoms with Crippen LogP contribution in [-0.2, 0) is 0 Å². The molecule has 0 radical (unpaired) electrons. The van der Waals surface area contributed by atoms with E-state index in [0.717, 1.165) is 27.6 Å². The molecule has 6 aromatic rings. The average molecular weight is 535 g/mol. The second-order valence-corrected chi connectivity index (χ2v) is 8.57. The number of hydrogen-bond acceptors (Lipinski definition) is 6. The standard InChI is InChI=1S/2C15H13N3O2/c1-20-13-9-5-4-8-12(13)16-15(19)14-10-6-2-3-7-11(10)17-18-14;1-20-11-8-6-10(7-9-11)16-15(19)14-12-4-2-3-5-13(12)17-18-14/h2*2-9H,1H3,(H,16,19)(H,17,18). The van der Waals surface area contributed by atoms with Crippen molar-refractivity contribution in [2.45, 2.75) is 0 Å². The zero-order valence-electron chi connectivity index (χ0n) is 21.8. The van der Waals surface area contributed by atoms with Gasteiger partial charge in [-0.05, 0) is 48.5 Å². The van der Waals surface area contributed by atoms with Crippen molar-refractivity contribution in [3.8, 4) is 11.5 Å². The molecular weight excluding hydrogens is 508 g/mol. The monoisotopic (exact) mass is 534 g/mol. The maximum absolute atomic E-state index is 12.3. The molecule has 2 aromatic heterocycles. The summed E-state index contributed by atoms with van der Waals surface area (Å²) in [5.41, 5.74) is 3.74. The van der Waals surface area contributed by atoms with Crippen LogP contribution in [0.15, 0.2) is 97.1 Å². The molecule has 4 aromatic carbocycles. The quantitative estimate of drug-likeness (QED) is 0.218. The summed E-state index contributed by atoms with van der Waals surface area (Å²) >= 11 is 0. The van der Waals surface area contributed by atoms with Crippen LogP contribution in [-0.4, -0.2) is 46.4 Å². The van der Waals surface area contributed by atoms with E-state index < -0.39 is 0 Å². The number of fused-ring (bicyclic) bond motifs is 2. The lowest BCUT2D eigenvalue weighted by Gasteiger charge is -2.08. The minimum absolute atomic E-state index is 0.243. The number of hydrogen-bond donors (Lipinski definition) is 4. The molecule has 200 valence electrons. The first-order valence-corrected chi connectivity index (χ1v) is 12.3. The van der Waals surface area contributed by atoms with Gasteiger partial charge in [0.05, 0.1) is 30.9 Å². The second-order valence-electron chi connectivity index (χ2n) is 8.57. The molecular formula is C30H26N6O4. The van der Waals surface area contributed by atoms with Crippen LogP contribution in [0.25, 0.3) is 21.8 Å². The SMILES string of the molecule is COc1ccc(NC(=O)c2n[nH]c3ccccc23)cc1.COc1ccccc1NC(=O)c1n[nH]c2ccccc12. The Morgan fingerprint density at radius 3 is 1.73 bits per heavy atom. The lowest BCUT2D eigenvalue weighted by atomic mass is 10.2. The molecule has 0 spiro atoms. The van der Waals surface area contributed by atoms with Gasteiger partial charge in [-0.3, -0.25) is 19.8 Å². The van der Waals surface area contributed by atoms with Crippen molar-refractivity contribution in [2.24, 2.45) is 0 Å². The zero-order valence-corrected chi connectivity index (χ0v) is 21.8. The Bertz CT molecular complexity index is 1770. The smallest absolute Gasteiger partial charge is 0.276 e. The molecule has 2 amide bonds. The maximum atomic E-state index is 12.3. The van der Waals surface area contributed by atoms with Crippen molar-refractivity contribution in [3.63, 3.8) is 0 Å². The van der Waals surface area contributed by atoms with Gasteiger partial charge in [-0.2, -0.15) is 10.2 Å². The van der Waals surface area contributed by atoms with Crippen LogP contribution in [0.5, 0.6) is 11.5 Å². The number of carbonyl (C=O) groups excluding carboxylic acids is 2. The number of benzene rings is 4. The fraction of sp³-hybridized carbons (Fsp3) is 0.0667. The van der Waals surface area contributed by atoms with Gasteiger partial charge >= 0.3 is 0 Å². The molecule has 10 heteroatoms. The topological polar surface area (TPSA) is 134 Å². The number of ether oxygens (including phenoxy) is 2. The molecule has 0 unspecified atom stereocenters. The maximum Gasteiger partial charge on any atom is 0.276 e. The van der Waals surface area contributed by atoms with Crippen LogP contribution in [0.4, 0.5) is 11.4 Å². The number of aromatic amines is 2. The Labute approximate surface area is 229 Å². The van der Waals surface area contributed by atoms with Gasteiger partial charge in [0.15, 0.2) is 11.4 Å². The highest BCUT2D eigenvalue weighted by molar-refractivity contribution is 6.12. The average Bonchev–Trinajstić information content (AvgIpc) is 3.63. The molecule has 10 nitrogen and oxygen atoms in total. The van der Waals surface area contributed by atoms with Gasteiger partial charge in [-0.15, -0.1) is 0 Å². The summed E-state index contributed by atoms with van der Waals surface area (Å²) in [6.45, 7) is 0. The molecule has 0 aliphatic rings. The van der Waals surface area contributed by atoms with E-state index in [9.17, 15) is 9.59 Å². The van der Waals surface area contributed by atoms with Crippen molar-refractivity contribution in [3.05, 3.63) is 108 Å². The number of nitrogens with one attached hydrogen (secondary N) is 4. The molecule has 0 aliphatic heterocycles. The second kappa shape index (κ2) is 11.8. The summed E-state index contributed by atoms with van der Waals surface area (Å²) in [5, 5.41) is 21.0. The fourth-order valence-corrected chi connectivity index (χ4v) is 4.07. The van der Waals surface area contributed by atoms with Crippen molar-refractivity contribution in [1.82, 2.24) is 20.4 Å². The lowest BCUT2D eigenvalue weighted by Crippen LogP contribution is -2.13. The number of para-hydroxylation sites is 4. The van der Waals surface area contributed by atoms with Crippen LogP contribution in [0.3, 0.4) is 0 Å². The third-order valence-electron chi connectivity index (χ3n) is 6.07. The van der Waals surface area contributed by atoms with Crippen LogP contribution in [0.1, 0.15) is 21.0 Å². The highest BCUT2D eigenvalue weighted by atomic mass is 16.5. The van der Waals surface area contributed by atoms with Gasteiger partial charge in [0.1, 0.15) is 11.5 Å². The van der Waals surface area contributed by atoms with E-state index in [0.29, 0.717) is 28.5 Å². The van der Waals surface area contributed by atoms with Gasteiger partial charge < -0.3 is 20.1 Å². The Kier molecular flexibility index (Phi) is 7.68. The van der Waals surface area contributed by atoms with E-state index in [1.165, 1.54) is 0 Å². The van der Waals surface area contributed by atoms with Crippen LogP contribution in [0.2, 0.25) is 0 Å². The molecule has 0 bridgehead atoms. The molecule has 4 N–H and O–H groups in total. The molecule has 0 saturated heterocycles. The van der Waals surface area contributed by atoms with Gasteiger partial charge in [0.2, 0.25) is 0 Å². The highest BCUT2D eigenvalue weighted by Crippen LogP contribution is 2.25. The number of methoxy groups -OCH3 is 2. The van der Waals surface area contributed by atoms with E-state index in [2.05, 4.69) is 31.0 Å². The number of amides is 2. The van der Waals surface area contributed by atoms with E-state index in [-0.39, 0.29) is 11.8 Å². The Morgan fingerprint density at radius 1 is 0.625 bits per heavy atom. The minimum Gasteiger partial charge on any atom is -0.497 e. The number of anilines is 2. The van der Waals surface area contributed by atoms with Crippen LogP contribution < -0.4 is 20.1 Å². The fourth-order valence-electron chi connectivity index (χ4n) is 4.07.